The van der Waals surface area contributed by atoms with Crippen LogP contribution in [0.4, 0.5) is 5.69 Å². The Morgan fingerprint density at radius 1 is 1.00 bits per heavy atom. The number of aryl methyl sites for hydroxylation is 1. The highest BCUT2D eigenvalue weighted by Crippen LogP contribution is 2.15. The van der Waals surface area contributed by atoms with E-state index in [4.69, 9.17) is 0 Å². The molecule has 0 amide bonds. The van der Waals surface area contributed by atoms with E-state index < -0.39 is 0 Å². The van der Waals surface area contributed by atoms with Crippen molar-refractivity contribution in [1.82, 2.24) is 20.9 Å². The molecule has 2 rings (SSSR count). The summed E-state index contributed by atoms with van der Waals surface area (Å²) in [7, 11) is 0. The fourth-order valence-corrected chi connectivity index (χ4v) is 3.47. The molecule has 1 atom stereocenters. The van der Waals surface area contributed by atoms with Crippen molar-refractivity contribution in [1.29, 1.82) is 0 Å². The van der Waals surface area contributed by atoms with Crippen molar-refractivity contribution < 1.29 is 4.92 Å². The first-order valence-electron chi connectivity index (χ1n) is 10.2. The molecule has 1 heterocycles. The number of benzene rings is 1. The fraction of sp³-hybridized carbons (Fsp3) is 0.700. The van der Waals surface area contributed by atoms with Crippen LogP contribution in [0.15, 0.2) is 24.3 Å². The van der Waals surface area contributed by atoms with E-state index in [0.29, 0.717) is 5.92 Å². The molecule has 1 aromatic rings. The highest BCUT2D eigenvalue weighted by molar-refractivity contribution is 5.32. The first kappa shape index (κ1) is 21.8. The molecule has 1 aliphatic heterocycles. The lowest BCUT2D eigenvalue weighted by atomic mass is 10.0. The summed E-state index contributed by atoms with van der Waals surface area (Å²) in [5, 5.41) is 21.2. The van der Waals surface area contributed by atoms with Gasteiger partial charge in [0.05, 0.1) is 4.92 Å². The van der Waals surface area contributed by atoms with Gasteiger partial charge in [-0.3, -0.25) is 10.1 Å². The normalized spacial score (nSPS) is 19.0. The lowest BCUT2D eigenvalue weighted by Crippen LogP contribution is -2.43. The van der Waals surface area contributed by atoms with Crippen LogP contribution in [-0.4, -0.2) is 68.7 Å². The Bertz CT molecular complexity index is 526. The third-order valence-electron chi connectivity index (χ3n) is 5.05. The van der Waals surface area contributed by atoms with Crippen LogP contribution < -0.4 is 16.0 Å². The molecule has 3 N–H and O–H groups in total. The van der Waals surface area contributed by atoms with Crippen LogP contribution in [0.2, 0.25) is 0 Å². The second kappa shape index (κ2) is 12.8. The second-order valence-electron chi connectivity index (χ2n) is 7.47. The Balaban J connectivity index is 1.68. The van der Waals surface area contributed by atoms with E-state index in [1.165, 1.54) is 12.0 Å². The number of nitrogens with one attached hydrogen (secondary N) is 3. The molecule has 1 aliphatic rings. The summed E-state index contributed by atoms with van der Waals surface area (Å²) in [5.41, 5.74) is 1.35. The summed E-state index contributed by atoms with van der Waals surface area (Å²) in [6.45, 7) is 11.8. The highest BCUT2D eigenvalue weighted by atomic mass is 16.6. The average molecular weight is 378 g/mol. The molecule has 7 heteroatoms. The molecule has 1 unspecified atom stereocenters. The minimum Gasteiger partial charge on any atom is -0.314 e. The van der Waals surface area contributed by atoms with E-state index >= 15 is 0 Å². The van der Waals surface area contributed by atoms with E-state index in [1.54, 1.807) is 12.1 Å². The number of hydrogen-bond acceptors (Lipinski definition) is 6. The van der Waals surface area contributed by atoms with Gasteiger partial charge in [0.25, 0.3) is 5.69 Å². The quantitative estimate of drug-likeness (QED) is 0.495. The average Bonchev–Trinajstić information content (AvgIpc) is 2.64. The van der Waals surface area contributed by atoms with Gasteiger partial charge in [0.1, 0.15) is 0 Å². The Morgan fingerprint density at radius 2 is 1.56 bits per heavy atom. The fourth-order valence-electron chi connectivity index (χ4n) is 3.47. The van der Waals surface area contributed by atoms with Gasteiger partial charge in [0, 0.05) is 71.0 Å². The highest BCUT2D eigenvalue weighted by Gasteiger charge is 2.11. The van der Waals surface area contributed by atoms with Crippen LogP contribution in [0.1, 0.15) is 25.3 Å². The maximum atomic E-state index is 10.7. The van der Waals surface area contributed by atoms with Crippen LogP contribution in [0.3, 0.4) is 0 Å². The lowest BCUT2D eigenvalue weighted by Gasteiger charge is -2.26. The molecule has 0 aromatic heterocycles. The molecular formula is C20H35N5O2. The molecule has 1 fully saturated rings. The van der Waals surface area contributed by atoms with Gasteiger partial charge in [0.2, 0.25) is 0 Å². The number of rotatable bonds is 7. The van der Waals surface area contributed by atoms with E-state index in [9.17, 15) is 10.1 Å². The zero-order chi connectivity index (χ0) is 19.3. The maximum Gasteiger partial charge on any atom is 0.269 e. The van der Waals surface area contributed by atoms with Crippen LogP contribution in [0.25, 0.3) is 0 Å². The maximum absolute atomic E-state index is 10.7. The van der Waals surface area contributed by atoms with Crippen LogP contribution >= 0.6 is 0 Å². The number of non-ortho nitro benzene ring substituents is 1. The third kappa shape index (κ3) is 9.28. The first-order chi connectivity index (χ1) is 13.1. The topological polar surface area (TPSA) is 82.5 Å². The summed E-state index contributed by atoms with van der Waals surface area (Å²) in [4.78, 5) is 12.9. The molecule has 0 aliphatic carbocycles. The monoisotopic (exact) mass is 377 g/mol. The van der Waals surface area contributed by atoms with Crippen molar-refractivity contribution in [2.45, 2.75) is 26.2 Å². The minimum absolute atomic E-state index is 0.167. The number of hydrogen-bond donors (Lipinski definition) is 3. The molecule has 0 radical (unpaired) electrons. The predicted molar refractivity (Wildman–Crippen MR) is 110 cm³/mol. The van der Waals surface area contributed by atoms with Gasteiger partial charge in [-0.15, -0.1) is 0 Å². The van der Waals surface area contributed by atoms with Crippen molar-refractivity contribution in [3.8, 4) is 0 Å². The number of nitrogens with zero attached hydrogens (tertiary/aromatic N) is 2. The van der Waals surface area contributed by atoms with Crippen molar-refractivity contribution in [2.75, 3.05) is 58.9 Å². The molecule has 1 saturated heterocycles. The van der Waals surface area contributed by atoms with E-state index in [0.717, 1.165) is 71.7 Å². The zero-order valence-electron chi connectivity index (χ0n) is 16.6. The van der Waals surface area contributed by atoms with E-state index in [2.05, 4.69) is 27.8 Å². The molecular weight excluding hydrogens is 342 g/mol. The Hall–Kier alpha value is -1.54. The SMILES string of the molecule is CC(CCCc1ccc([N+](=O)[O-])cc1)CN1CCNCCNCCNCC1. The third-order valence-corrected chi connectivity index (χ3v) is 5.05. The van der Waals surface area contributed by atoms with Crippen molar-refractivity contribution >= 4 is 5.69 Å². The summed E-state index contributed by atoms with van der Waals surface area (Å²) in [5.74, 6) is 0.651. The summed E-state index contributed by atoms with van der Waals surface area (Å²) in [6.07, 6.45) is 3.28. The van der Waals surface area contributed by atoms with Crippen molar-refractivity contribution in [3.63, 3.8) is 0 Å². The summed E-state index contributed by atoms with van der Waals surface area (Å²) in [6, 6.07) is 6.96. The number of nitro benzene ring substituents is 1. The van der Waals surface area contributed by atoms with Gasteiger partial charge in [-0.2, -0.15) is 0 Å². The molecule has 0 saturated carbocycles. The molecule has 1 aromatic carbocycles. The summed E-state index contributed by atoms with van der Waals surface area (Å²) < 4.78 is 0. The van der Waals surface area contributed by atoms with E-state index in [1.807, 2.05) is 12.1 Å². The molecule has 0 bridgehead atoms. The van der Waals surface area contributed by atoms with Gasteiger partial charge in [-0.25, -0.2) is 0 Å². The van der Waals surface area contributed by atoms with E-state index in [-0.39, 0.29) is 10.6 Å². The Kier molecular flexibility index (Phi) is 10.3. The second-order valence-corrected chi connectivity index (χ2v) is 7.47. The Morgan fingerprint density at radius 3 is 2.11 bits per heavy atom. The van der Waals surface area contributed by atoms with Gasteiger partial charge in [0.15, 0.2) is 0 Å². The van der Waals surface area contributed by atoms with Gasteiger partial charge in [-0.05, 0) is 30.7 Å². The smallest absolute Gasteiger partial charge is 0.269 e. The largest absolute Gasteiger partial charge is 0.314 e. The van der Waals surface area contributed by atoms with Gasteiger partial charge >= 0.3 is 0 Å². The Labute approximate surface area is 163 Å². The first-order valence-corrected chi connectivity index (χ1v) is 10.2. The lowest BCUT2D eigenvalue weighted by molar-refractivity contribution is -0.384. The molecule has 0 spiro atoms. The standard InChI is InChI=1S/C20H35N5O2/c1-18(3-2-4-19-5-7-20(8-6-19)25(26)27)17-24-15-13-22-11-9-21-10-12-23-14-16-24/h5-8,18,21-23H,2-4,9-17H2,1H3. The molecule has 7 nitrogen and oxygen atoms in total. The van der Waals surface area contributed by atoms with Crippen LogP contribution in [0.5, 0.6) is 0 Å². The minimum atomic E-state index is -0.344. The molecule has 152 valence electrons. The number of nitro groups is 1. The van der Waals surface area contributed by atoms with Gasteiger partial charge in [-0.1, -0.05) is 19.1 Å². The molecule has 27 heavy (non-hydrogen) atoms. The summed E-state index contributed by atoms with van der Waals surface area (Å²) >= 11 is 0. The predicted octanol–water partition coefficient (Wildman–Crippen LogP) is 1.64. The zero-order valence-corrected chi connectivity index (χ0v) is 16.6. The van der Waals surface area contributed by atoms with Crippen LogP contribution in [-0.2, 0) is 6.42 Å². The van der Waals surface area contributed by atoms with Crippen LogP contribution in [0, 0.1) is 16.0 Å². The van der Waals surface area contributed by atoms with Crippen molar-refractivity contribution in [3.05, 3.63) is 39.9 Å². The van der Waals surface area contributed by atoms with Crippen molar-refractivity contribution in [2.24, 2.45) is 5.92 Å². The van der Waals surface area contributed by atoms with Gasteiger partial charge < -0.3 is 20.9 Å².